The molecule has 0 aromatic carbocycles. The van der Waals surface area contributed by atoms with Crippen LogP contribution in [0.1, 0.15) is 48.5 Å². The quantitative estimate of drug-likeness (QED) is 0.727. The number of nitrogens with zero attached hydrogens (tertiary/aromatic N) is 6. The van der Waals surface area contributed by atoms with Crippen LogP contribution >= 0.6 is 11.3 Å². The van der Waals surface area contributed by atoms with Crippen LogP contribution in [0, 0.1) is 5.92 Å². The van der Waals surface area contributed by atoms with E-state index >= 15 is 0 Å². The van der Waals surface area contributed by atoms with E-state index in [4.69, 9.17) is 0 Å². The summed E-state index contributed by atoms with van der Waals surface area (Å²) in [6.45, 7) is 2.66. The predicted octanol–water partition coefficient (Wildman–Crippen LogP) is 1.95. The maximum atomic E-state index is 13.0. The molecule has 3 heterocycles. The van der Waals surface area contributed by atoms with Gasteiger partial charge in [-0.25, -0.2) is 9.67 Å². The van der Waals surface area contributed by atoms with E-state index in [1.165, 1.54) is 10.4 Å². The third-order valence-corrected chi connectivity index (χ3v) is 6.21. The summed E-state index contributed by atoms with van der Waals surface area (Å²) in [6, 6.07) is 0.401. The first-order chi connectivity index (χ1) is 11.7. The predicted molar refractivity (Wildman–Crippen MR) is 90.3 cm³/mol. The highest BCUT2D eigenvalue weighted by Gasteiger charge is 2.28. The minimum absolute atomic E-state index is 0.0393. The number of aryl methyl sites for hydroxylation is 1. The second kappa shape index (κ2) is 5.20. The summed E-state index contributed by atoms with van der Waals surface area (Å²) < 4.78 is 3.50. The highest BCUT2D eigenvalue weighted by molar-refractivity contribution is 7.18. The van der Waals surface area contributed by atoms with Crippen LogP contribution < -0.4 is 5.56 Å². The summed E-state index contributed by atoms with van der Waals surface area (Å²) in [5, 5.41) is 12.7. The Balaban J connectivity index is 1.58. The van der Waals surface area contributed by atoms with E-state index in [1.54, 1.807) is 22.2 Å². The summed E-state index contributed by atoms with van der Waals surface area (Å²) in [5.41, 5.74) is 1.26. The summed E-state index contributed by atoms with van der Waals surface area (Å²) in [4.78, 5) is 19.8. The fourth-order valence-electron chi connectivity index (χ4n) is 3.55. The van der Waals surface area contributed by atoms with E-state index in [1.807, 2.05) is 4.68 Å². The van der Waals surface area contributed by atoms with E-state index < -0.39 is 0 Å². The zero-order chi connectivity index (χ0) is 16.3. The second-order valence-electron chi connectivity index (χ2n) is 6.98. The number of hydrogen-bond acceptors (Lipinski definition) is 6. The smallest absolute Gasteiger partial charge is 0.262 e. The lowest BCUT2D eigenvalue weighted by atomic mass is 9.89. The Morgan fingerprint density at radius 3 is 3.04 bits per heavy atom. The third kappa shape index (κ3) is 2.20. The standard InChI is InChI=1S/C16H18N6OS/c1-9-2-5-11-12(6-9)24-15-14(11)16(23)21(8-17-15)7-13-18-19-20-22(13)10-3-4-10/h8-10H,2-7H2,1H3/t9-/m1/s1. The van der Waals surface area contributed by atoms with Crippen LogP contribution in [0.4, 0.5) is 0 Å². The molecule has 0 amide bonds. The first-order valence-corrected chi connectivity index (χ1v) is 9.29. The molecular weight excluding hydrogens is 324 g/mol. The van der Waals surface area contributed by atoms with Gasteiger partial charge in [0.25, 0.3) is 5.56 Å². The molecule has 1 atom stereocenters. The van der Waals surface area contributed by atoms with E-state index in [-0.39, 0.29) is 5.56 Å². The van der Waals surface area contributed by atoms with Crippen molar-refractivity contribution in [3.05, 3.63) is 32.9 Å². The lowest BCUT2D eigenvalue weighted by Gasteiger charge is -2.17. The first-order valence-electron chi connectivity index (χ1n) is 8.47. The van der Waals surface area contributed by atoms with Crippen molar-refractivity contribution in [2.24, 2.45) is 5.92 Å². The molecule has 3 aromatic rings. The van der Waals surface area contributed by atoms with Crippen LogP contribution in [0.25, 0.3) is 10.2 Å². The monoisotopic (exact) mass is 342 g/mol. The van der Waals surface area contributed by atoms with Gasteiger partial charge in [0.15, 0.2) is 5.82 Å². The van der Waals surface area contributed by atoms with Crippen LogP contribution in [0.3, 0.4) is 0 Å². The van der Waals surface area contributed by atoms with Gasteiger partial charge in [0.05, 0.1) is 24.3 Å². The van der Waals surface area contributed by atoms with Crippen LogP contribution in [0.5, 0.6) is 0 Å². The molecule has 7 nitrogen and oxygen atoms in total. The fourth-order valence-corrected chi connectivity index (χ4v) is 4.89. The zero-order valence-electron chi connectivity index (χ0n) is 13.5. The number of tetrazole rings is 1. The molecule has 0 radical (unpaired) electrons. The minimum Gasteiger partial charge on any atom is -0.291 e. The Labute approximate surface area is 142 Å². The van der Waals surface area contributed by atoms with Gasteiger partial charge < -0.3 is 0 Å². The van der Waals surface area contributed by atoms with E-state index in [9.17, 15) is 4.79 Å². The Bertz CT molecular complexity index is 982. The number of fused-ring (bicyclic) bond motifs is 3. The SMILES string of the molecule is C[C@@H]1CCc2c(sc3ncn(Cc4nnnn4C4CC4)c(=O)c23)C1. The highest BCUT2D eigenvalue weighted by Crippen LogP contribution is 2.36. The van der Waals surface area contributed by atoms with Gasteiger partial charge in [-0.05, 0) is 54.0 Å². The molecule has 8 heteroatoms. The van der Waals surface area contributed by atoms with Gasteiger partial charge in [-0.3, -0.25) is 9.36 Å². The molecule has 3 aromatic heterocycles. The molecule has 0 spiro atoms. The number of aromatic nitrogens is 6. The average molecular weight is 342 g/mol. The Hall–Kier alpha value is -2.09. The second-order valence-corrected chi connectivity index (χ2v) is 8.06. The van der Waals surface area contributed by atoms with E-state index in [0.717, 1.165) is 48.1 Å². The molecule has 0 N–H and O–H groups in total. The van der Waals surface area contributed by atoms with Crippen LogP contribution in [0.2, 0.25) is 0 Å². The average Bonchev–Trinajstić information content (AvgIpc) is 3.19. The molecule has 0 bridgehead atoms. The van der Waals surface area contributed by atoms with Crippen molar-refractivity contribution in [3.8, 4) is 0 Å². The van der Waals surface area contributed by atoms with Crippen molar-refractivity contribution < 1.29 is 0 Å². The highest BCUT2D eigenvalue weighted by atomic mass is 32.1. The third-order valence-electron chi connectivity index (χ3n) is 5.05. The normalized spacial score (nSPS) is 20.5. The van der Waals surface area contributed by atoms with Gasteiger partial charge >= 0.3 is 0 Å². The van der Waals surface area contributed by atoms with Crippen molar-refractivity contribution >= 4 is 21.6 Å². The summed E-state index contributed by atoms with van der Waals surface area (Å²) in [7, 11) is 0. The summed E-state index contributed by atoms with van der Waals surface area (Å²) in [5.74, 6) is 1.43. The lowest BCUT2D eigenvalue weighted by Crippen LogP contribution is -2.23. The van der Waals surface area contributed by atoms with Crippen LogP contribution in [-0.4, -0.2) is 29.8 Å². The van der Waals surface area contributed by atoms with Gasteiger partial charge in [0.1, 0.15) is 4.83 Å². The maximum Gasteiger partial charge on any atom is 0.262 e. The molecule has 5 rings (SSSR count). The number of rotatable bonds is 3. The molecular formula is C16H18N6OS. The Morgan fingerprint density at radius 1 is 1.33 bits per heavy atom. The minimum atomic E-state index is 0.0393. The van der Waals surface area contributed by atoms with Crippen molar-refractivity contribution in [3.63, 3.8) is 0 Å². The Kier molecular flexibility index (Phi) is 3.09. The molecule has 0 unspecified atom stereocenters. The fraction of sp³-hybridized carbons (Fsp3) is 0.562. The molecule has 2 aliphatic rings. The van der Waals surface area contributed by atoms with Gasteiger partial charge in [-0.1, -0.05) is 6.92 Å². The van der Waals surface area contributed by atoms with Gasteiger partial charge in [0, 0.05) is 4.88 Å². The molecule has 2 aliphatic carbocycles. The van der Waals surface area contributed by atoms with E-state index in [0.29, 0.717) is 18.5 Å². The van der Waals surface area contributed by atoms with Gasteiger partial charge in [-0.15, -0.1) is 16.4 Å². The largest absolute Gasteiger partial charge is 0.291 e. The molecule has 1 saturated carbocycles. The molecule has 1 fully saturated rings. The summed E-state index contributed by atoms with van der Waals surface area (Å²) in [6.07, 6.45) is 7.06. The summed E-state index contributed by atoms with van der Waals surface area (Å²) >= 11 is 1.68. The maximum absolute atomic E-state index is 13.0. The van der Waals surface area contributed by atoms with Gasteiger partial charge in [0.2, 0.25) is 0 Å². The molecule has 0 saturated heterocycles. The van der Waals surface area contributed by atoms with Gasteiger partial charge in [-0.2, -0.15) is 0 Å². The lowest BCUT2D eigenvalue weighted by molar-refractivity contribution is 0.509. The van der Waals surface area contributed by atoms with Crippen LogP contribution in [-0.2, 0) is 19.4 Å². The van der Waals surface area contributed by atoms with Crippen molar-refractivity contribution in [2.75, 3.05) is 0 Å². The zero-order valence-corrected chi connectivity index (χ0v) is 14.3. The molecule has 0 aliphatic heterocycles. The van der Waals surface area contributed by atoms with Crippen molar-refractivity contribution in [2.45, 2.75) is 51.6 Å². The topological polar surface area (TPSA) is 78.5 Å². The number of hydrogen-bond donors (Lipinski definition) is 0. The van der Waals surface area contributed by atoms with Crippen molar-refractivity contribution in [1.82, 2.24) is 29.8 Å². The Morgan fingerprint density at radius 2 is 2.21 bits per heavy atom. The first kappa shape index (κ1) is 14.3. The molecule has 24 heavy (non-hydrogen) atoms. The van der Waals surface area contributed by atoms with Crippen molar-refractivity contribution in [1.29, 1.82) is 0 Å². The van der Waals surface area contributed by atoms with Crippen LogP contribution in [0.15, 0.2) is 11.1 Å². The molecule has 124 valence electrons. The number of thiophene rings is 1. The van der Waals surface area contributed by atoms with E-state index in [2.05, 4.69) is 27.4 Å².